The first-order valence-corrected chi connectivity index (χ1v) is 5.37. The van der Waals surface area contributed by atoms with Crippen LogP contribution in [0.5, 0.6) is 0 Å². The summed E-state index contributed by atoms with van der Waals surface area (Å²) in [6.07, 6.45) is 0. The molecule has 0 spiro atoms. The molecule has 0 aliphatic carbocycles. The minimum atomic E-state index is -0.389. The lowest BCUT2D eigenvalue weighted by molar-refractivity contribution is 1.95. The SMILES string of the molecule is C[P+](C)(C)C.[H+]. The fourth-order valence-corrected chi connectivity index (χ4v) is 0. The molecule has 0 unspecified atom stereocenters. The fraction of sp³-hybridized carbons (Fsp3) is 1.00. The van der Waals surface area contributed by atoms with E-state index >= 15 is 0 Å². The molecular formula is C4H13P+2. The largest absolute Gasteiger partial charge is 1.00 e. The number of hydrogen-bond acceptors (Lipinski definition) is 0. The second kappa shape index (κ2) is 1.26. The quantitative estimate of drug-likeness (QED) is 0.398. The van der Waals surface area contributed by atoms with Crippen molar-refractivity contribution in [2.24, 2.45) is 0 Å². The van der Waals surface area contributed by atoms with Crippen molar-refractivity contribution in [3.63, 3.8) is 0 Å². The van der Waals surface area contributed by atoms with Crippen molar-refractivity contribution in [2.45, 2.75) is 0 Å². The van der Waals surface area contributed by atoms with Crippen molar-refractivity contribution in [1.82, 2.24) is 0 Å². The molecule has 32 valence electrons. The van der Waals surface area contributed by atoms with Gasteiger partial charge in [0, 0.05) is 33.9 Å². The average Bonchev–Trinajstić information content (AvgIpc) is 0.722. The Kier molecular flexibility index (Phi) is 1.37. The predicted octanol–water partition coefficient (Wildman–Crippen LogP) is 1.64. The molecule has 0 radical (unpaired) electrons. The van der Waals surface area contributed by atoms with Crippen LogP contribution in [0.3, 0.4) is 0 Å². The van der Waals surface area contributed by atoms with E-state index in [4.69, 9.17) is 0 Å². The van der Waals surface area contributed by atoms with Crippen LogP contribution in [0.25, 0.3) is 0 Å². The third-order valence-corrected chi connectivity index (χ3v) is 0. The third-order valence-electron chi connectivity index (χ3n) is 0. The van der Waals surface area contributed by atoms with Gasteiger partial charge < -0.3 is 0 Å². The predicted molar refractivity (Wildman–Crippen MR) is 31.7 cm³/mol. The van der Waals surface area contributed by atoms with Crippen LogP contribution in [-0.4, -0.2) is 26.7 Å². The zero-order chi connectivity index (χ0) is 4.50. The summed E-state index contributed by atoms with van der Waals surface area (Å²) in [5.41, 5.74) is 0. The summed E-state index contributed by atoms with van der Waals surface area (Å²) in [7, 11) is -0.389. The lowest BCUT2D eigenvalue weighted by atomic mass is 11.8. The molecule has 0 N–H and O–H groups in total. The monoisotopic (exact) mass is 92.1 g/mol. The zero-order valence-electron chi connectivity index (χ0n) is 5.45. The van der Waals surface area contributed by atoms with Crippen LogP contribution in [0.15, 0.2) is 0 Å². The summed E-state index contributed by atoms with van der Waals surface area (Å²) >= 11 is 0. The molecule has 0 aromatic heterocycles. The molecule has 0 atom stereocenters. The Hall–Kier alpha value is 0.430. The molecule has 0 aliphatic rings. The molecule has 0 saturated heterocycles. The van der Waals surface area contributed by atoms with Gasteiger partial charge in [-0.25, -0.2) is 0 Å². The zero-order valence-corrected chi connectivity index (χ0v) is 5.34. The van der Waals surface area contributed by atoms with E-state index in [1.807, 2.05) is 0 Å². The first-order valence-electron chi connectivity index (χ1n) is 1.79. The van der Waals surface area contributed by atoms with Crippen molar-refractivity contribution >= 4 is 7.26 Å². The van der Waals surface area contributed by atoms with E-state index in [0.29, 0.717) is 0 Å². The van der Waals surface area contributed by atoms with Gasteiger partial charge in [-0.3, -0.25) is 0 Å². The first kappa shape index (κ1) is 5.43. The van der Waals surface area contributed by atoms with E-state index in [9.17, 15) is 0 Å². The maximum atomic E-state index is 2.30. The second-order valence-electron chi connectivity index (χ2n) is 2.68. The third kappa shape index (κ3) is 141. The van der Waals surface area contributed by atoms with Gasteiger partial charge in [0.05, 0.1) is 0 Å². The Labute approximate surface area is 36.4 Å². The highest BCUT2D eigenvalue weighted by Crippen LogP contribution is 2.40. The summed E-state index contributed by atoms with van der Waals surface area (Å²) in [6, 6.07) is 0. The highest BCUT2D eigenvalue weighted by molar-refractivity contribution is 7.72. The average molecular weight is 92.1 g/mol. The maximum absolute atomic E-state index is 2.30. The van der Waals surface area contributed by atoms with E-state index < -0.39 is 0 Å². The van der Waals surface area contributed by atoms with E-state index in [1.165, 1.54) is 0 Å². The maximum Gasteiger partial charge on any atom is 1.00 e. The molecule has 0 aliphatic heterocycles. The van der Waals surface area contributed by atoms with E-state index in [0.717, 1.165) is 0 Å². The normalized spacial score (nSPS) is 12.0. The molecule has 0 heterocycles. The Morgan fingerprint density at radius 3 is 1.00 bits per heavy atom. The van der Waals surface area contributed by atoms with Gasteiger partial charge in [-0.1, -0.05) is 0 Å². The van der Waals surface area contributed by atoms with Crippen LogP contribution in [0.1, 0.15) is 1.43 Å². The van der Waals surface area contributed by atoms with Crippen molar-refractivity contribution in [3.8, 4) is 0 Å². The standard InChI is InChI=1S/C4H12P/c1-5(2,3)4/h1-4H3/q+1/p+1. The van der Waals surface area contributed by atoms with E-state index in [2.05, 4.69) is 26.7 Å². The Morgan fingerprint density at radius 1 is 1.00 bits per heavy atom. The van der Waals surface area contributed by atoms with Gasteiger partial charge >= 0.3 is 1.43 Å². The topological polar surface area (TPSA) is 0 Å². The molecule has 5 heavy (non-hydrogen) atoms. The van der Waals surface area contributed by atoms with Crippen molar-refractivity contribution in [2.75, 3.05) is 26.7 Å². The first-order chi connectivity index (χ1) is 2.00. The molecule has 1 heteroatoms. The second-order valence-corrected chi connectivity index (χ2v) is 8.05. The van der Waals surface area contributed by atoms with Crippen LogP contribution in [0.4, 0.5) is 0 Å². The minimum Gasteiger partial charge on any atom is 0.00222 e. The Morgan fingerprint density at radius 2 is 1.00 bits per heavy atom. The molecular weight excluding hydrogens is 79.0 g/mol. The molecule has 0 bridgehead atoms. The van der Waals surface area contributed by atoms with Gasteiger partial charge in [0.15, 0.2) is 0 Å². The highest BCUT2D eigenvalue weighted by Gasteiger charge is 2.03. The summed E-state index contributed by atoms with van der Waals surface area (Å²) in [6.45, 7) is 9.19. The van der Waals surface area contributed by atoms with Gasteiger partial charge in [0.2, 0.25) is 0 Å². The molecule has 0 aromatic rings. The molecule has 0 fully saturated rings. The van der Waals surface area contributed by atoms with Gasteiger partial charge in [-0.2, -0.15) is 0 Å². The Bertz CT molecular complexity index is 23.0. The van der Waals surface area contributed by atoms with Gasteiger partial charge in [-0.05, 0) is 0 Å². The lowest BCUT2D eigenvalue weighted by Crippen LogP contribution is -1.74. The van der Waals surface area contributed by atoms with Crippen LogP contribution in [0, 0.1) is 0 Å². The van der Waals surface area contributed by atoms with E-state index in [1.54, 1.807) is 0 Å². The minimum absolute atomic E-state index is 0. The molecule has 0 aromatic carbocycles. The summed E-state index contributed by atoms with van der Waals surface area (Å²) in [5.74, 6) is 0. The van der Waals surface area contributed by atoms with Crippen molar-refractivity contribution in [3.05, 3.63) is 0 Å². The van der Waals surface area contributed by atoms with Gasteiger partial charge in [0.25, 0.3) is 0 Å². The lowest BCUT2D eigenvalue weighted by Gasteiger charge is -1.97. The van der Waals surface area contributed by atoms with Crippen LogP contribution in [-0.2, 0) is 0 Å². The van der Waals surface area contributed by atoms with E-state index in [-0.39, 0.29) is 8.69 Å². The van der Waals surface area contributed by atoms with Crippen LogP contribution >= 0.6 is 7.26 Å². The molecule has 0 nitrogen and oxygen atoms in total. The molecule has 0 saturated carbocycles. The van der Waals surface area contributed by atoms with Crippen LogP contribution < -0.4 is 0 Å². The van der Waals surface area contributed by atoms with Gasteiger partial charge in [-0.15, -0.1) is 0 Å². The van der Waals surface area contributed by atoms with Crippen LogP contribution in [0.2, 0.25) is 0 Å². The summed E-state index contributed by atoms with van der Waals surface area (Å²) < 4.78 is 0. The van der Waals surface area contributed by atoms with Crippen molar-refractivity contribution < 1.29 is 1.43 Å². The fourth-order valence-electron chi connectivity index (χ4n) is 0. The van der Waals surface area contributed by atoms with Crippen molar-refractivity contribution in [1.29, 1.82) is 0 Å². The number of hydrogen-bond donors (Lipinski definition) is 0. The van der Waals surface area contributed by atoms with Gasteiger partial charge in [0.1, 0.15) is 0 Å². The number of rotatable bonds is 0. The Balaban J connectivity index is 0. The smallest absolute Gasteiger partial charge is 0.00222 e. The summed E-state index contributed by atoms with van der Waals surface area (Å²) in [4.78, 5) is 0. The molecule has 0 rings (SSSR count). The summed E-state index contributed by atoms with van der Waals surface area (Å²) in [5, 5.41) is 0. The highest BCUT2D eigenvalue weighted by atomic mass is 31.2. The molecule has 0 amide bonds.